The summed E-state index contributed by atoms with van der Waals surface area (Å²) in [5.74, 6) is -0.647. The summed E-state index contributed by atoms with van der Waals surface area (Å²) in [5.41, 5.74) is 7.10. The molecule has 6 nitrogen and oxygen atoms in total. The minimum absolute atomic E-state index is 0.0925. The van der Waals surface area contributed by atoms with Gasteiger partial charge in [-0.2, -0.15) is 0 Å². The Bertz CT molecular complexity index is 774. The highest BCUT2D eigenvalue weighted by Gasteiger charge is 2.28. The summed E-state index contributed by atoms with van der Waals surface area (Å²) in [6, 6.07) is 0. The summed E-state index contributed by atoms with van der Waals surface area (Å²) in [5, 5.41) is 0. The van der Waals surface area contributed by atoms with Gasteiger partial charge in [0.15, 0.2) is 4.96 Å². The fraction of sp³-hybridized carbons (Fsp3) is 0.400. The van der Waals surface area contributed by atoms with E-state index in [9.17, 15) is 9.59 Å². The minimum Gasteiger partial charge on any atom is -0.369 e. The molecule has 1 atom stereocenters. The Morgan fingerprint density at radius 1 is 1.45 bits per heavy atom. The molecule has 0 aromatic carbocycles. The predicted octanol–water partition coefficient (Wildman–Crippen LogP) is 1.36. The number of primary amides is 1. The second kappa shape index (κ2) is 5.57. The third-order valence-electron chi connectivity index (χ3n) is 3.95. The number of aryl methyl sites for hydroxylation is 2. The summed E-state index contributed by atoms with van der Waals surface area (Å²) in [4.78, 5) is 31.6. The van der Waals surface area contributed by atoms with Gasteiger partial charge < -0.3 is 10.6 Å². The first-order valence-corrected chi connectivity index (χ1v) is 7.98. The molecule has 0 radical (unpaired) electrons. The van der Waals surface area contributed by atoms with Crippen molar-refractivity contribution in [1.82, 2.24) is 14.3 Å². The average molecular weight is 318 g/mol. The quantitative estimate of drug-likeness (QED) is 0.868. The van der Waals surface area contributed by atoms with Gasteiger partial charge in [-0.3, -0.25) is 14.0 Å². The van der Waals surface area contributed by atoms with Crippen molar-refractivity contribution in [1.29, 1.82) is 0 Å². The van der Waals surface area contributed by atoms with Crippen LogP contribution < -0.4 is 5.73 Å². The molecule has 1 fully saturated rings. The Kier molecular flexibility index (Phi) is 3.74. The van der Waals surface area contributed by atoms with Gasteiger partial charge in [-0.25, -0.2) is 4.98 Å². The third kappa shape index (κ3) is 2.64. The Hall–Kier alpha value is -2.15. The third-order valence-corrected chi connectivity index (χ3v) is 4.85. The van der Waals surface area contributed by atoms with E-state index in [4.69, 9.17) is 5.73 Å². The zero-order chi connectivity index (χ0) is 15.9. The molecule has 2 amide bonds. The maximum atomic E-state index is 12.2. The number of likely N-dealkylation sites (tertiary alicyclic amines) is 1. The number of thiazole rings is 1. The highest BCUT2D eigenvalue weighted by molar-refractivity contribution is 7.17. The largest absolute Gasteiger partial charge is 0.369 e. The molecule has 0 aliphatic carbocycles. The van der Waals surface area contributed by atoms with Crippen LogP contribution in [0.3, 0.4) is 0 Å². The molecule has 2 aromatic rings. The molecule has 1 aliphatic heterocycles. The van der Waals surface area contributed by atoms with Crippen LogP contribution >= 0.6 is 11.3 Å². The lowest BCUT2D eigenvalue weighted by Gasteiger charge is -2.13. The smallest absolute Gasteiger partial charge is 0.246 e. The zero-order valence-electron chi connectivity index (χ0n) is 12.6. The topological polar surface area (TPSA) is 80.7 Å². The molecule has 116 valence electrons. The van der Waals surface area contributed by atoms with E-state index in [-0.39, 0.29) is 17.7 Å². The van der Waals surface area contributed by atoms with E-state index in [0.717, 1.165) is 16.3 Å². The molecule has 3 rings (SSSR count). The van der Waals surface area contributed by atoms with E-state index in [2.05, 4.69) is 4.98 Å². The van der Waals surface area contributed by atoms with Gasteiger partial charge in [-0.05, 0) is 26.3 Å². The van der Waals surface area contributed by atoms with E-state index in [1.54, 1.807) is 28.4 Å². The molecule has 7 heteroatoms. The Labute approximate surface area is 132 Å². The van der Waals surface area contributed by atoms with E-state index in [1.807, 2.05) is 24.4 Å². The SMILES string of the molecule is Cc1cn2c(/C=C/C(=O)N3CC[C@H](C(N)=O)C3)c(C)nc2s1. The normalized spacial score (nSPS) is 18.6. The Morgan fingerprint density at radius 2 is 2.23 bits per heavy atom. The minimum atomic E-state index is -0.332. The molecule has 1 saturated heterocycles. The number of hydrogen-bond donors (Lipinski definition) is 1. The highest BCUT2D eigenvalue weighted by Crippen LogP contribution is 2.22. The number of amides is 2. The summed E-state index contributed by atoms with van der Waals surface area (Å²) in [6.07, 6.45) is 6.01. The van der Waals surface area contributed by atoms with E-state index >= 15 is 0 Å². The van der Waals surface area contributed by atoms with Crippen molar-refractivity contribution in [3.05, 3.63) is 28.5 Å². The molecule has 0 unspecified atom stereocenters. The first-order valence-electron chi connectivity index (χ1n) is 7.17. The van der Waals surface area contributed by atoms with E-state index < -0.39 is 0 Å². The number of hydrogen-bond acceptors (Lipinski definition) is 4. The van der Waals surface area contributed by atoms with Crippen molar-refractivity contribution >= 4 is 34.2 Å². The number of aromatic nitrogens is 2. The number of imidazole rings is 1. The van der Waals surface area contributed by atoms with Crippen molar-refractivity contribution in [3.8, 4) is 0 Å². The van der Waals surface area contributed by atoms with Crippen LogP contribution in [0.4, 0.5) is 0 Å². The van der Waals surface area contributed by atoms with Crippen LogP contribution in [0.15, 0.2) is 12.3 Å². The van der Waals surface area contributed by atoms with Gasteiger partial charge in [0.05, 0.1) is 17.3 Å². The molecule has 22 heavy (non-hydrogen) atoms. The van der Waals surface area contributed by atoms with Crippen LogP contribution in [-0.4, -0.2) is 39.2 Å². The fourth-order valence-electron chi connectivity index (χ4n) is 2.73. The molecule has 0 spiro atoms. The first-order chi connectivity index (χ1) is 10.5. The average Bonchev–Trinajstić information content (AvgIpc) is 3.11. The standard InChI is InChI=1S/C15H18N4O2S/c1-9-7-19-12(10(2)17-15(19)22-9)3-4-13(20)18-6-5-11(8-18)14(16)21/h3-4,7,11H,5-6,8H2,1-2H3,(H2,16,21)/b4-3+/t11-/m0/s1. The Balaban J connectivity index is 1.77. The van der Waals surface area contributed by atoms with Crippen LogP contribution in [0, 0.1) is 19.8 Å². The zero-order valence-corrected chi connectivity index (χ0v) is 13.4. The van der Waals surface area contributed by atoms with Crippen molar-refractivity contribution in [3.63, 3.8) is 0 Å². The molecule has 0 bridgehead atoms. The van der Waals surface area contributed by atoms with Gasteiger partial charge in [0.2, 0.25) is 11.8 Å². The van der Waals surface area contributed by atoms with Crippen LogP contribution in [-0.2, 0) is 9.59 Å². The molecule has 0 saturated carbocycles. The molecule has 2 N–H and O–H groups in total. The van der Waals surface area contributed by atoms with Crippen molar-refractivity contribution in [2.24, 2.45) is 11.7 Å². The molecule has 2 aromatic heterocycles. The number of carbonyl (C=O) groups excluding carboxylic acids is 2. The van der Waals surface area contributed by atoms with Gasteiger partial charge in [-0.1, -0.05) is 0 Å². The maximum Gasteiger partial charge on any atom is 0.246 e. The Morgan fingerprint density at radius 3 is 2.91 bits per heavy atom. The van der Waals surface area contributed by atoms with Crippen molar-refractivity contribution < 1.29 is 9.59 Å². The van der Waals surface area contributed by atoms with Gasteiger partial charge in [0, 0.05) is 30.2 Å². The first kappa shape index (κ1) is 14.8. The lowest BCUT2D eigenvalue weighted by molar-refractivity contribution is -0.125. The van der Waals surface area contributed by atoms with Crippen LogP contribution in [0.25, 0.3) is 11.0 Å². The van der Waals surface area contributed by atoms with Crippen LogP contribution in [0.5, 0.6) is 0 Å². The summed E-state index contributed by atoms with van der Waals surface area (Å²) in [7, 11) is 0. The van der Waals surface area contributed by atoms with Gasteiger partial charge in [0.1, 0.15) is 0 Å². The lowest BCUT2D eigenvalue weighted by Crippen LogP contribution is -2.30. The predicted molar refractivity (Wildman–Crippen MR) is 85.5 cm³/mol. The van der Waals surface area contributed by atoms with E-state index in [0.29, 0.717) is 19.5 Å². The van der Waals surface area contributed by atoms with Gasteiger partial charge in [-0.15, -0.1) is 11.3 Å². The fourth-order valence-corrected chi connectivity index (χ4v) is 3.61. The maximum absolute atomic E-state index is 12.2. The number of carbonyl (C=O) groups is 2. The van der Waals surface area contributed by atoms with E-state index in [1.165, 1.54) is 4.88 Å². The van der Waals surface area contributed by atoms with Gasteiger partial charge in [0.25, 0.3) is 0 Å². The number of fused-ring (bicyclic) bond motifs is 1. The highest BCUT2D eigenvalue weighted by atomic mass is 32.1. The number of nitrogens with zero attached hydrogens (tertiary/aromatic N) is 3. The second-order valence-electron chi connectivity index (χ2n) is 5.58. The summed E-state index contributed by atoms with van der Waals surface area (Å²) < 4.78 is 2.00. The molecule has 3 heterocycles. The number of rotatable bonds is 3. The van der Waals surface area contributed by atoms with Crippen molar-refractivity contribution in [2.45, 2.75) is 20.3 Å². The summed E-state index contributed by atoms with van der Waals surface area (Å²) >= 11 is 1.62. The lowest BCUT2D eigenvalue weighted by atomic mass is 10.1. The van der Waals surface area contributed by atoms with Crippen molar-refractivity contribution in [2.75, 3.05) is 13.1 Å². The number of nitrogens with two attached hydrogens (primary N) is 1. The monoisotopic (exact) mass is 318 g/mol. The molecular formula is C15H18N4O2S. The second-order valence-corrected chi connectivity index (χ2v) is 6.80. The molecule has 1 aliphatic rings. The van der Waals surface area contributed by atoms with Crippen LogP contribution in [0.2, 0.25) is 0 Å². The molecular weight excluding hydrogens is 300 g/mol. The van der Waals surface area contributed by atoms with Gasteiger partial charge >= 0.3 is 0 Å². The van der Waals surface area contributed by atoms with Crippen LogP contribution in [0.1, 0.15) is 22.7 Å². The summed E-state index contributed by atoms with van der Waals surface area (Å²) in [6.45, 7) is 4.95.